The van der Waals surface area contributed by atoms with Crippen LogP contribution >= 0.6 is 34.0 Å². The fraction of sp³-hybridized carbons (Fsp3) is 0.235. The van der Waals surface area contributed by atoms with Crippen LogP contribution in [0, 0.1) is 0 Å². The molecule has 126 valence electrons. The zero-order valence-corrected chi connectivity index (χ0v) is 15.5. The number of hydrogen-bond acceptors (Lipinski definition) is 7. The highest BCUT2D eigenvalue weighted by Crippen LogP contribution is 2.40. The number of ether oxygens (including phenoxy) is 1. The minimum Gasteiger partial charge on any atom is -0.464 e. The van der Waals surface area contributed by atoms with Crippen molar-refractivity contribution in [1.29, 1.82) is 0 Å². The molecule has 4 nitrogen and oxygen atoms in total. The van der Waals surface area contributed by atoms with Crippen LogP contribution in [0.3, 0.4) is 0 Å². The van der Waals surface area contributed by atoms with E-state index >= 15 is 0 Å². The Balaban J connectivity index is 1.72. The van der Waals surface area contributed by atoms with Gasteiger partial charge in [0, 0.05) is 19.5 Å². The third kappa shape index (κ3) is 3.87. The summed E-state index contributed by atoms with van der Waals surface area (Å²) >= 11 is 5.04. The lowest BCUT2D eigenvalue weighted by Crippen LogP contribution is -2.34. The van der Waals surface area contributed by atoms with Crippen LogP contribution in [0.1, 0.15) is 6.92 Å². The third-order valence-electron chi connectivity index (χ3n) is 3.29. The van der Waals surface area contributed by atoms with Gasteiger partial charge in [-0.05, 0) is 42.6 Å². The standard InChI is InChI=1S/C17H17NO3S3/c1-2-21-17(20)11(10-19)18-16-8-7-15(24-16)14-6-5-13(23-14)12-4-3-9-22-12/h3-9,11,18-19H,2,10H2,1H3/t11-/m0/s1. The minimum absolute atomic E-state index is 0.298. The quantitative estimate of drug-likeness (QED) is 0.592. The highest BCUT2D eigenvalue weighted by atomic mass is 32.1. The summed E-state index contributed by atoms with van der Waals surface area (Å²) in [5.41, 5.74) is 0. The molecule has 0 amide bonds. The molecule has 0 radical (unpaired) electrons. The highest BCUT2D eigenvalue weighted by Gasteiger charge is 2.19. The molecule has 0 bridgehead atoms. The Labute approximate surface area is 152 Å². The van der Waals surface area contributed by atoms with E-state index in [4.69, 9.17) is 4.74 Å². The van der Waals surface area contributed by atoms with Gasteiger partial charge in [0.05, 0.1) is 18.2 Å². The van der Waals surface area contributed by atoms with Gasteiger partial charge in [-0.2, -0.15) is 0 Å². The number of anilines is 1. The van der Waals surface area contributed by atoms with E-state index in [2.05, 4.69) is 35.0 Å². The largest absolute Gasteiger partial charge is 0.464 e. The topological polar surface area (TPSA) is 58.6 Å². The number of hydrogen-bond donors (Lipinski definition) is 2. The number of rotatable bonds is 7. The molecule has 0 aliphatic rings. The second-order valence-corrected chi connectivity index (χ2v) is 8.05. The van der Waals surface area contributed by atoms with Crippen LogP contribution in [0.2, 0.25) is 0 Å². The van der Waals surface area contributed by atoms with Crippen LogP contribution in [-0.2, 0) is 9.53 Å². The summed E-state index contributed by atoms with van der Waals surface area (Å²) in [4.78, 5) is 16.6. The molecule has 0 aliphatic carbocycles. The van der Waals surface area contributed by atoms with E-state index in [9.17, 15) is 9.90 Å². The van der Waals surface area contributed by atoms with E-state index in [1.165, 1.54) is 14.6 Å². The molecule has 7 heteroatoms. The van der Waals surface area contributed by atoms with Crippen molar-refractivity contribution in [1.82, 2.24) is 0 Å². The smallest absolute Gasteiger partial charge is 0.330 e. The lowest BCUT2D eigenvalue weighted by Gasteiger charge is -2.14. The van der Waals surface area contributed by atoms with Gasteiger partial charge < -0.3 is 15.2 Å². The summed E-state index contributed by atoms with van der Waals surface area (Å²) in [7, 11) is 0. The third-order valence-corrected chi connectivity index (χ3v) is 6.65. The van der Waals surface area contributed by atoms with Crippen molar-refractivity contribution < 1.29 is 14.6 Å². The summed E-state index contributed by atoms with van der Waals surface area (Å²) in [6.07, 6.45) is 0. The summed E-state index contributed by atoms with van der Waals surface area (Å²) < 4.78 is 4.95. The van der Waals surface area contributed by atoms with Gasteiger partial charge in [0.15, 0.2) is 0 Å². The van der Waals surface area contributed by atoms with E-state index < -0.39 is 12.0 Å². The minimum atomic E-state index is -0.735. The van der Waals surface area contributed by atoms with Crippen LogP contribution < -0.4 is 5.32 Å². The first-order chi connectivity index (χ1) is 11.7. The molecular weight excluding hydrogens is 362 g/mol. The van der Waals surface area contributed by atoms with Crippen LogP contribution in [0.4, 0.5) is 5.00 Å². The maximum atomic E-state index is 11.8. The van der Waals surface area contributed by atoms with Gasteiger partial charge in [0.2, 0.25) is 0 Å². The van der Waals surface area contributed by atoms with Crippen molar-refractivity contribution in [2.75, 3.05) is 18.5 Å². The zero-order chi connectivity index (χ0) is 16.9. The molecule has 0 aromatic carbocycles. The molecule has 0 fully saturated rings. The number of carbonyl (C=O) groups excluding carboxylic acids is 1. The van der Waals surface area contributed by atoms with Gasteiger partial charge >= 0.3 is 5.97 Å². The predicted octanol–water partition coefficient (Wildman–Crippen LogP) is 4.54. The number of carbonyl (C=O) groups is 1. The molecule has 0 unspecified atom stereocenters. The first-order valence-corrected chi connectivity index (χ1v) is 10.0. The Morgan fingerprint density at radius 1 is 1.12 bits per heavy atom. The van der Waals surface area contributed by atoms with Gasteiger partial charge in [0.1, 0.15) is 6.04 Å². The zero-order valence-electron chi connectivity index (χ0n) is 13.0. The maximum Gasteiger partial charge on any atom is 0.330 e. The molecule has 3 aromatic heterocycles. The molecule has 3 rings (SSSR count). The second kappa shape index (κ2) is 7.94. The van der Waals surface area contributed by atoms with Gasteiger partial charge in [-0.1, -0.05) is 6.07 Å². The van der Waals surface area contributed by atoms with E-state index in [0.29, 0.717) is 6.61 Å². The summed E-state index contributed by atoms with van der Waals surface area (Å²) in [6, 6.07) is 11.6. The van der Waals surface area contributed by atoms with Gasteiger partial charge in [-0.25, -0.2) is 4.79 Å². The second-order valence-electron chi connectivity index (χ2n) is 4.94. The van der Waals surface area contributed by atoms with Crippen molar-refractivity contribution in [3.05, 3.63) is 41.8 Å². The number of thiophene rings is 3. The van der Waals surface area contributed by atoms with E-state index in [1.807, 2.05) is 12.1 Å². The average molecular weight is 380 g/mol. The van der Waals surface area contributed by atoms with E-state index in [1.54, 1.807) is 40.9 Å². The predicted molar refractivity (Wildman–Crippen MR) is 102 cm³/mol. The molecule has 0 spiro atoms. The Morgan fingerprint density at radius 3 is 2.50 bits per heavy atom. The average Bonchev–Trinajstić information content (AvgIpc) is 3.32. The normalized spacial score (nSPS) is 12.1. The number of aliphatic hydroxyl groups excluding tert-OH is 1. The van der Waals surface area contributed by atoms with Gasteiger partial charge in [0.25, 0.3) is 0 Å². The first kappa shape index (κ1) is 17.2. The molecule has 0 saturated heterocycles. The lowest BCUT2D eigenvalue weighted by atomic mass is 10.3. The van der Waals surface area contributed by atoms with Crippen molar-refractivity contribution in [2.45, 2.75) is 13.0 Å². The van der Waals surface area contributed by atoms with Crippen LogP contribution in [0.25, 0.3) is 19.5 Å². The fourth-order valence-electron chi connectivity index (χ4n) is 2.16. The molecular formula is C17H17NO3S3. The van der Waals surface area contributed by atoms with Gasteiger partial charge in [-0.15, -0.1) is 34.0 Å². The molecule has 24 heavy (non-hydrogen) atoms. The van der Waals surface area contributed by atoms with Crippen LogP contribution in [0.15, 0.2) is 41.8 Å². The molecule has 2 N–H and O–H groups in total. The number of aliphatic hydroxyl groups is 1. The Kier molecular flexibility index (Phi) is 5.68. The van der Waals surface area contributed by atoms with Crippen LogP contribution in [-0.4, -0.2) is 30.3 Å². The number of nitrogens with one attached hydrogen (secondary N) is 1. The summed E-state index contributed by atoms with van der Waals surface area (Å²) in [6.45, 7) is 1.75. The highest BCUT2D eigenvalue weighted by molar-refractivity contribution is 7.27. The maximum absolute atomic E-state index is 11.8. The monoisotopic (exact) mass is 379 g/mol. The Bertz CT molecular complexity index is 792. The summed E-state index contributed by atoms with van der Waals surface area (Å²) in [5, 5.41) is 15.3. The fourth-order valence-corrected chi connectivity index (χ4v) is 5.05. The van der Waals surface area contributed by atoms with Gasteiger partial charge in [-0.3, -0.25) is 0 Å². The lowest BCUT2D eigenvalue weighted by molar-refractivity contribution is -0.144. The van der Waals surface area contributed by atoms with Crippen molar-refractivity contribution in [3.63, 3.8) is 0 Å². The molecule has 3 heterocycles. The Morgan fingerprint density at radius 2 is 1.83 bits per heavy atom. The van der Waals surface area contributed by atoms with Crippen LogP contribution in [0.5, 0.6) is 0 Å². The Hall–Kier alpha value is -1.67. The van der Waals surface area contributed by atoms with Crippen molar-refractivity contribution in [3.8, 4) is 19.5 Å². The SMILES string of the molecule is CCOC(=O)[C@H](CO)Nc1ccc(-c2ccc(-c3cccs3)s2)s1. The first-order valence-electron chi connectivity index (χ1n) is 7.49. The van der Waals surface area contributed by atoms with Crippen molar-refractivity contribution in [2.24, 2.45) is 0 Å². The number of esters is 1. The summed E-state index contributed by atoms with van der Waals surface area (Å²) in [5.74, 6) is -0.439. The molecule has 1 atom stereocenters. The molecule has 0 aliphatic heterocycles. The van der Waals surface area contributed by atoms with Crippen molar-refractivity contribution >= 4 is 45.0 Å². The van der Waals surface area contributed by atoms with E-state index in [-0.39, 0.29) is 6.61 Å². The van der Waals surface area contributed by atoms with E-state index in [0.717, 1.165) is 9.88 Å². The molecule has 0 saturated carbocycles. The molecule has 3 aromatic rings.